The molecule has 0 saturated carbocycles. The summed E-state index contributed by atoms with van der Waals surface area (Å²) in [4.78, 5) is 3.94. The third kappa shape index (κ3) is 1.92. The second-order valence-electron chi connectivity index (χ2n) is 3.65. The van der Waals surface area contributed by atoms with Gasteiger partial charge in [-0.2, -0.15) is 5.10 Å². The van der Waals surface area contributed by atoms with Crippen LogP contribution < -0.4 is 0 Å². The first-order chi connectivity index (χ1) is 8.74. The molecular weight excluding hydrogens is 298 g/mol. The van der Waals surface area contributed by atoms with E-state index in [1.54, 1.807) is 17.1 Å². The van der Waals surface area contributed by atoms with Gasteiger partial charge in [-0.3, -0.25) is 9.67 Å². The lowest BCUT2D eigenvalue weighted by Crippen LogP contribution is -1.87. The Hall–Kier alpha value is -2.02. The molecule has 0 bridgehead atoms. The largest absolute Gasteiger partial charge is 0.414 e. The van der Waals surface area contributed by atoms with Gasteiger partial charge in [0.05, 0.1) is 4.47 Å². The summed E-state index contributed by atoms with van der Waals surface area (Å²) in [5.74, 6) is 0.833. The Morgan fingerprint density at radius 3 is 2.56 bits per heavy atom. The fourth-order valence-electron chi connectivity index (χ4n) is 1.53. The first-order valence-electron chi connectivity index (χ1n) is 5.17. The second-order valence-corrected chi connectivity index (χ2v) is 4.50. The first-order valence-corrected chi connectivity index (χ1v) is 5.97. The minimum Gasteiger partial charge on any atom is -0.414 e. The molecule has 3 aromatic heterocycles. The van der Waals surface area contributed by atoms with Gasteiger partial charge >= 0.3 is 0 Å². The number of halogens is 1. The van der Waals surface area contributed by atoms with Crippen LogP contribution in [0.4, 0.5) is 0 Å². The maximum atomic E-state index is 5.59. The zero-order valence-corrected chi connectivity index (χ0v) is 11.0. The molecule has 0 aromatic carbocycles. The van der Waals surface area contributed by atoms with Crippen LogP contribution in [0, 0.1) is 0 Å². The topological polar surface area (TPSA) is 69.6 Å². The summed E-state index contributed by atoms with van der Waals surface area (Å²) in [6.07, 6.45) is 5.18. The summed E-state index contributed by atoms with van der Waals surface area (Å²) in [7, 11) is 1.83. The smallest absolute Gasteiger partial charge is 0.269 e. The van der Waals surface area contributed by atoms with Gasteiger partial charge < -0.3 is 4.42 Å². The van der Waals surface area contributed by atoms with Crippen molar-refractivity contribution in [3.05, 3.63) is 35.2 Å². The summed E-state index contributed by atoms with van der Waals surface area (Å²) in [5, 5.41) is 12.2. The number of rotatable bonds is 2. The van der Waals surface area contributed by atoms with E-state index in [-0.39, 0.29) is 0 Å². The van der Waals surface area contributed by atoms with Gasteiger partial charge in [0, 0.05) is 31.2 Å². The minimum absolute atomic E-state index is 0.384. The van der Waals surface area contributed by atoms with Crippen molar-refractivity contribution in [1.82, 2.24) is 25.0 Å². The maximum absolute atomic E-state index is 5.59. The lowest BCUT2D eigenvalue weighted by atomic mass is 10.3. The highest BCUT2D eigenvalue weighted by Crippen LogP contribution is 2.27. The van der Waals surface area contributed by atoms with E-state index in [1.807, 2.05) is 25.4 Å². The molecule has 3 aromatic rings. The normalized spacial score (nSPS) is 10.8. The molecule has 18 heavy (non-hydrogen) atoms. The lowest BCUT2D eigenvalue weighted by molar-refractivity contribution is 0.579. The Balaban J connectivity index is 2.02. The Kier molecular flexibility index (Phi) is 2.67. The summed E-state index contributed by atoms with van der Waals surface area (Å²) >= 11 is 3.40. The van der Waals surface area contributed by atoms with Crippen molar-refractivity contribution in [2.75, 3.05) is 0 Å². The van der Waals surface area contributed by atoms with Crippen molar-refractivity contribution in [2.45, 2.75) is 0 Å². The van der Waals surface area contributed by atoms with Crippen LogP contribution in [0.5, 0.6) is 0 Å². The number of pyridine rings is 1. The van der Waals surface area contributed by atoms with Crippen molar-refractivity contribution in [1.29, 1.82) is 0 Å². The number of aromatic nitrogens is 5. The van der Waals surface area contributed by atoms with Crippen molar-refractivity contribution in [3.63, 3.8) is 0 Å². The standard InChI is InChI=1S/C11H8BrN5O/c1-17-6-8(12)9(16-17)11-15-14-10(18-11)7-2-4-13-5-3-7/h2-6H,1H3. The molecule has 3 rings (SSSR count). The number of hydrogen-bond donors (Lipinski definition) is 0. The van der Waals surface area contributed by atoms with Gasteiger partial charge in [-0.15, -0.1) is 10.2 Å². The molecule has 0 spiro atoms. The zero-order valence-electron chi connectivity index (χ0n) is 9.41. The summed E-state index contributed by atoms with van der Waals surface area (Å²) < 4.78 is 8.09. The zero-order chi connectivity index (χ0) is 12.5. The number of hydrogen-bond acceptors (Lipinski definition) is 5. The minimum atomic E-state index is 0.384. The van der Waals surface area contributed by atoms with Gasteiger partial charge in [0.1, 0.15) is 0 Å². The molecule has 90 valence electrons. The van der Waals surface area contributed by atoms with E-state index in [0.717, 1.165) is 10.0 Å². The van der Waals surface area contributed by atoms with E-state index in [2.05, 4.69) is 36.2 Å². The molecule has 3 heterocycles. The molecule has 0 unspecified atom stereocenters. The fraction of sp³-hybridized carbons (Fsp3) is 0.0909. The van der Waals surface area contributed by atoms with Crippen LogP contribution in [-0.4, -0.2) is 25.0 Å². The highest BCUT2D eigenvalue weighted by atomic mass is 79.9. The molecule has 7 heteroatoms. The molecule has 0 aliphatic carbocycles. The van der Waals surface area contributed by atoms with E-state index < -0.39 is 0 Å². The lowest BCUT2D eigenvalue weighted by Gasteiger charge is -1.91. The van der Waals surface area contributed by atoms with E-state index >= 15 is 0 Å². The predicted molar refractivity (Wildman–Crippen MR) is 67.4 cm³/mol. The van der Waals surface area contributed by atoms with E-state index in [9.17, 15) is 0 Å². The average Bonchev–Trinajstić information content (AvgIpc) is 2.97. The SMILES string of the molecule is Cn1cc(Br)c(-c2nnc(-c3ccncc3)o2)n1. The van der Waals surface area contributed by atoms with Gasteiger partial charge in [-0.05, 0) is 28.1 Å². The van der Waals surface area contributed by atoms with Gasteiger partial charge in [-0.25, -0.2) is 0 Å². The number of aryl methyl sites for hydroxylation is 1. The number of nitrogens with zero attached hydrogens (tertiary/aromatic N) is 5. The van der Waals surface area contributed by atoms with Crippen LogP contribution in [0.3, 0.4) is 0 Å². The first kappa shape index (κ1) is 11.1. The third-order valence-electron chi connectivity index (χ3n) is 2.34. The van der Waals surface area contributed by atoms with Crippen molar-refractivity contribution >= 4 is 15.9 Å². The fourth-order valence-corrected chi connectivity index (χ4v) is 2.08. The molecule has 0 atom stereocenters. The highest BCUT2D eigenvalue weighted by Gasteiger charge is 2.15. The Bertz CT molecular complexity index is 676. The quantitative estimate of drug-likeness (QED) is 0.726. The molecule has 0 aliphatic heterocycles. The predicted octanol–water partition coefficient (Wildman–Crippen LogP) is 2.29. The molecule has 0 radical (unpaired) electrons. The van der Waals surface area contributed by atoms with E-state index in [1.165, 1.54) is 0 Å². The van der Waals surface area contributed by atoms with Gasteiger partial charge in [0.25, 0.3) is 5.89 Å². The highest BCUT2D eigenvalue weighted by molar-refractivity contribution is 9.10. The monoisotopic (exact) mass is 305 g/mol. The van der Waals surface area contributed by atoms with Crippen LogP contribution in [0.2, 0.25) is 0 Å². The van der Waals surface area contributed by atoms with Crippen LogP contribution in [0.1, 0.15) is 0 Å². The summed E-state index contributed by atoms with van der Waals surface area (Å²) in [6.45, 7) is 0. The van der Waals surface area contributed by atoms with Crippen molar-refractivity contribution in [2.24, 2.45) is 7.05 Å². The average molecular weight is 306 g/mol. The van der Waals surface area contributed by atoms with Crippen LogP contribution in [-0.2, 0) is 7.05 Å². The molecule has 0 fully saturated rings. The van der Waals surface area contributed by atoms with E-state index in [0.29, 0.717) is 17.5 Å². The molecule has 0 N–H and O–H groups in total. The van der Waals surface area contributed by atoms with Gasteiger partial charge in [-0.1, -0.05) is 0 Å². The maximum Gasteiger partial charge on any atom is 0.269 e. The van der Waals surface area contributed by atoms with Crippen molar-refractivity contribution < 1.29 is 4.42 Å². The Morgan fingerprint density at radius 1 is 1.17 bits per heavy atom. The summed E-state index contributed by atoms with van der Waals surface area (Å²) in [6, 6.07) is 3.62. The van der Waals surface area contributed by atoms with Gasteiger partial charge in [0.15, 0.2) is 5.69 Å². The third-order valence-corrected chi connectivity index (χ3v) is 2.92. The Labute approximate surface area is 111 Å². The Morgan fingerprint density at radius 2 is 1.89 bits per heavy atom. The molecule has 6 nitrogen and oxygen atoms in total. The van der Waals surface area contributed by atoms with Crippen LogP contribution >= 0.6 is 15.9 Å². The van der Waals surface area contributed by atoms with Crippen LogP contribution in [0.25, 0.3) is 23.0 Å². The van der Waals surface area contributed by atoms with Crippen LogP contribution in [0.15, 0.2) is 39.6 Å². The summed E-state index contributed by atoms with van der Waals surface area (Å²) in [5.41, 5.74) is 1.46. The molecule has 0 aliphatic rings. The molecular formula is C11H8BrN5O. The van der Waals surface area contributed by atoms with Gasteiger partial charge in [0.2, 0.25) is 5.89 Å². The van der Waals surface area contributed by atoms with Crippen molar-refractivity contribution in [3.8, 4) is 23.0 Å². The molecule has 0 amide bonds. The second kappa shape index (κ2) is 4.34. The molecule has 0 saturated heterocycles. The van der Waals surface area contributed by atoms with E-state index in [4.69, 9.17) is 4.42 Å².